The van der Waals surface area contributed by atoms with Gasteiger partial charge in [0.1, 0.15) is 24.1 Å². The Morgan fingerprint density at radius 2 is 1.58 bits per heavy atom. The van der Waals surface area contributed by atoms with Gasteiger partial charge in [0.05, 0.1) is 30.5 Å². The van der Waals surface area contributed by atoms with Gasteiger partial charge in [-0.15, -0.1) is 0 Å². The molecule has 0 radical (unpaired) electrons. The summed E-state index contributed by atoms with van der Waals surface area (Å²) in [6, 6.07) is 11.7. The number of rotatable bonds is 12. The summed E-state index contributed by atoms with van der Waals surface area (Å²) in [5.74, 6) is 0.589. The second-order valence-electron chi connectivity index (χ2n) is 8.40. The molecule has 0 spiro atoms. The highest BCUT2D eigenvalue weighted by molar-refractivity contribution is 7.92. The van der Waals surface area contributed by atoms with Gasteiger partial charge in [0, 0.05) is 13.1 Å². The van der Waals surface area contributed by atoms with E-state index in [9.17, 15) is 21.6 Å². The number of nitrogens with one attached hydrogen (secondary N) is 1. The van der Waals surface area contributed by atoms with E-state index in [1.54, 1.807) is 43.3 Å². The van der Waals surface area contributed by atoms with E-state index in [1.807, 2.05) is 0 Å². The van der Waals surface area contributed by atoms with Crippen LogP contribution in [0, 0.1) is 0 Å². The van der Waals surface area contributed by atoms with Crippen molar-refractivity contribution in [2.45, 2.75) is 37.1 Å². The number of methoxy groups -OCH3 is 1. The molecule has 1 atom stereocenters. The first-order valence-corrected chi connectivity index (χ1v) is 15.0. The number of amides is 1. The molecule has 1 unspecified atom stereocenters. The maximum atomic E-state index is 12.9. The van der Waals surface area contributed by atoms with E-state index in [2.05, 4.69) is 5.32 Å². The van der Waals surface area contributed by atoms with Gasteiger partial charge in [0.25, 0.3) is 0 Å². The Labute approximate surface area is 213 Å². The smallest absolute Gasteiger partial charge is 0.244 e. The lowest BCUT2D eigenvalue weighted by Crippen LogP contribution is -2.50. The van der Waals surface area contributed by atoms with Crippen molar-refractivity contribution in [1.29, 1.82) is 0 Å². The number of carbonyl (C=O) groups is 1. The molecule has 1 amide bonds. The van der Waals surface area contributed by atoms with Gasteiger partial charge in [-0.1, -0.05) is 6.92 Å². The highest BCUT2D eigenvalue weighted by Crippen LogP contribution is 2.25. The number of nitrogens with zero attached hydrogens (tertiary/aromatic N) is 2. The summed E-state index contributed by atoms with van der Waals surface area (Å²) in [7, 11) is -5.72. The molecule has 1 aliphatic rings. The summed E-state index contributed by atoms with van der Waals surface area (Å²) in [5, 5.41) is 2.72. The van der Waals surface area contributed by atoms with E-state index in [0.717, 1.165) is 23.4 Å². The van der Waals surface area contributed by atoms with Gasteiger partial charge in [0.2, 0.25) is 26.0 Å². The summed E-state index contributed by atoms with van der Waals surface area (Å²) in [6.07, 6.45) is 3.06. The van der Waals surface area contributed by atoms with Gasteiger partial charge in [-0.25, -0.2) is 16.8 Å². The molecule has 0 saturated carbocycles. The van der Waals surface area contributed by atoms with E-state index in [0.29, 0.717) is 30.3 Å². The van der Waals surface area contributed by atoms with Crippen LogP contribution in [0.2, 0.25) is 0 Å². The monoisotopic (exact) mass is 539 g/mol. The molecule has 1 saturated heterocycles. The number of anilines is 1. The fourth-order valence-corrected chi connectivity index (χ4v) is 6.76. The fourth-order valence-electron chi connectivity index (χ4n) is 4.04. The third-order valence-corrected chi connectivity index (χ3v) is 8.95. The van der Waals surface area contributed by atoms with Crippen LogP contribution in [0.3, 0.4) is 0 Å². The van der Waals surface area contributed by atoms with Gasteiger partial charge in [-0.2, -0.15) is 4.31 Å². The molecule has 0 aliphatic carbocycles. The number of carbonyl (C=O) groups excluding carboxylic acids is 1. The van der Waals surface area contributed by atoms with Crippen LogP contribution in [0.5, 0.6) is 11.5 Å². The second-order valence-corrected chi connectivity index (χ2v) is 12.2. The quantitative estimate of drug-likeness (QED) is 0.411. The molecular weight excluding hydrogens is 506 g/mol. The molecule has 1 aliphatic heterocycles. The second kappa shape index (κ2) is 11.9. The highest BCUT2D eigenvalue weighted by Gasteiger charge is 2.31. The molecule has 2 aromatic carbocycles. The van der Waals surface area contributed by atoms with Crippen molar-refractivity contribution < 1.29 is 31.1 Å². The van der Waals surface area contributed by atoms with E-state index >= 15 is 0 Å². The number of benzene rings is 2. The first-order chi connectivity index (χ1) is 17.1. The standard InChI is InChI=1S/C24H33N3O7S2/c1-4-23(27(35(3,29)30)19-7-9-20(33-2)10-8-19)24(28)25-15-18-34-21-11-13-22(14-12-21)36(31,32)26-16-5-6-17-26/h7-14,23H,4-6,15-18H2,1-3H3,(H,25,28). The molecule has 12 heteroatoms. The zero-order valence-electron chi connectivity index (χ0n) is 20.7. The van der Waals surface area contributed by atoms with E-state index < -0.39 is 32.0 Å². The molecule has 0 bridgehead atoms. The van der Waals surface area contributed by atoms with Crippen molar-refractivity contribution in [2.24, 2.45) is 0 Å². The number of sulfonamides is 2. The summed E-state index contributed by atoms with van der Waals surface area (Å²) in [5.41, 5.74) is 0.362. The number of hydrogen-bond donors (Lipinski definition) is 1. The minimum Gasteiger partial charge on any atom is -0.497 e. The Hall–Kier alpha value is -2.83. The summed E-state index contributed by atoms with van der Waals surface area (Å²) >= 11 is 0. The third kappa shape index (κ3) is 6.68. The lowest BCUT2D eigenvalue weighted by atomic mass is 10.2. The Morgan fingerprint density at radius 1 is 1.00 bits per heavy atom. The molecule has 3 rings (SSSR count). The van der Waals surface area contributed by atoms with E-state index in [-0.39, 0.29) is 24.5 Å². The lowest BCUT2D eigenvalue weighted by molar-refractivity contribution is -0.122. The molecule has 0 aromatic heterocycles. The molecule has 2 aromatic rings. The van der Waals surface area contributed by atoms with Crippen LogP contribution in [0.15, 0.2) is 53.4 Å². The van der Waals surface area contributed by atoms with Gasteiger partial charge in [-0.05, 0) is 67.8 Å². The van der Waals surface area contributed by atoms with Crippen LogP contribution < -0.4 is 19.1 Å². The summed E-state index contributed by atoms with van der Waals surface area (Å²) in [4.78, 5) is 13.1. The lowest BCUT2D eigenvalue weighted by Gasteiger charge is -2.30. The Balaban J connectivity index is 1.57. The third-order valence-electron chi connectivity index (χ3n) is 5.85. The normalized spacial score (nSPS) is 15.3. The predicted octanol–water partition coefficient (Wildman–Crippen LogP) is 2.22. The Bertz CT molecular complexity index is 1230. The first-order valence-electron chi connectivity index (χ1n) is 11.7. The number of hydrogen-bond acceptors (Lipinski definition) is 7. The fraction of sp³-hybridized carbons (Fsp3) is 0.458. The summed E-state index contributed by atoms with van der Waals surface area (Å²) < 4.78 is 63.6. The van der Waals surface area contributed by atoms with Crippen molar-refractivity contribution in [3.05, 3.63) is 48.5 Å². The zero-order valence-corrected chi connectivity index (χ0v) is 22.3. The minimum atomic E-state index is -3.74. The van der Waals surface area contributed by atoms with Crippen molar-refractivity contribution in [2.75, 3.05) is 43.9 Å². The van der Waals surface area contributed by atoms with E-state index in [1.165, 1.54) is 23.5 Å². The Morgan fingerprint density at radius 3 is 2.11 bits per heavy atom. The number of ether oxygens (including phenoxy) is 2. The first kappa shape index (κ1) is 27.8. The van der Waals surface area contributed by atoms with Gasteiger partial charge in [0.15, 0.2) is 0 Å². The molecule has 198 valence electrons. The van der Waals surface area contributed by atoms with Crippen LogP contribution in [0.25, 0.3) is 0 Å². The van der Waals surface area contributed by atoms with Crippen LogP contribution in [0.1, 0.15) is 26.2 Å². The molecule has 1 fully saturated rings. The molecule has 1 heterocycles. The topological polar surface area (TPSA) is 122 Å². The largest absolute Gasteiger partial charge is 0.497 e. The minimum absolute atomic E-state index is 0.127. The van der Waals surface area contributed by atoms with Crippen molar-refractivity contribution in [1.82, 2.24) is 9.62 Å². The zero-order chi connectivity index (χ0) is 26.3. The maximum absolute atomic E-state index is 12.9. The molecular formula is C24H33N3O7S2. The highest BCUT2D eigenvalue weighted by atomic mass is 32.2. The van der Waals surface area contributed by atoms with Gasteiger partial charge in [-0.3, -0.25) is 9.10 Å². The van der Waals surface area contributed by atoms with Crippen LogP contribution >= 0.6 is 0 Å². The SMILES string of the molecule is CCC(C(=O)NCCOc1ccc(S(=O)(=O)N2CCCC2)cc1)N(c1ccc(OC)cc1)S(C)(=O)=O. The van der Waals surface area contributed by atoms with Gasteiger partial charge < -0.3 is 14.8 Å². The predicted molar refractivity (Wildman–Crippen MR) is 137 cm³/mol. The van der Waals surface area contributed by atoms with Crippen molar-refractivity contribution in [3.63, 3.8) is 0 Å². The van der Waals surface area contributed by atoms with Crippen LogP contribution in [-0.4, -0.2) is 72.7 Å². The molecule has 36 heavy (non-hydrogen) atoms. The van der Waals surface area contributed by atoms with Gasteiger partial charge >= 0.3 is 0 Å². The average molecular weight is 540 g/mol. The van der Waals surface area contributed by atoms with Crippen LogP contribution in [-0.2, 0) is 24.8 Å². The maximum Gasteiger partial charge on any atom is 0.244 e. The average Bonchev–Trinajstić information content (AvgIpc) is 3.41. The molecule has 10 nitrogen and oxygen atoms in total. The van der Waals surface area contributed by atoms with Crippen molar-refractivity contribution >= 4 is 31.6 Å². The van der Waals surface area contributed by atoms with Crippen molar-refractivity contribution in [3.8, 4) is 11.5 Å². The molecule has 1 N–H and O–H groups in total. The van der Waals surface area contributed by atoms with Crippen LogP contribution in [0.4, 0.5) is 5.69 Å². The Kier molecular flexibility index (Phi) is 9.20. The summed E-state index contributed by atoms with van der Waals surface area (Å²) in [6.45, 7) is 3.08. The van der Waals surface area contributed by atoms with E-state index in [4.69, 9.17) is 9.47 Å².